The fraction of sp³-hybridized carbons (Fsp3) is 0.750. The second-order valence-electron chi connectivity index (χ2n) is 5.32. The lowest BCUT2D eigenvalue weighted by molar-refractivity contribution is 0.00578. The maximum absolute atomic E-state index is 7.90. The van der Waals surface area contributed by atoms with Crippen molar-refractivity contribution < 1.29 is 18.8 Å². The number of hydrogen-bond donors (Lipinski definition) is 2. The Bertz CT molecular complexity index is 371. The molecule has 19 heavy (non-hydrogen) atoms. The maximum atomic E-state index is 7.90. The minimum Gasteiger partial charge on any atom is -0.483 e. The summed E-state index contributed by atoms with van der Waals surface area (Å²) in [6.45, 7) is 7.81. The average Bonchev–Trinajstić information content (AvgIpc) is 2.53. The highest BCUT2D eigenvalue weighted by molar-refractivity contribution is 6.61. The van der Waals surface area contributed by atoms with Gasteiger partial charge in [-0.15, -0.1) is 0 Å². The van der Waals surface area contributed by atoms with Crippen LogP contribution in [0.15, 0.2) is 11.4 Å². The molecule has 2 N–H and O–H groups in total. The van der Waals surface area contributed by atoms with Gasteiger partial charge in [0.1, 0.15) is 5.47 Å². The van der Waals surface area contributed by atoms with E-state index in [4.69, 9.17) is 24.2 Å². The molecule has 0 unspecified atom stereocenters. The standard InChI is InChI=1S/C12H23BN2O4/c1-11(2)12(3,4)19-13(18-11)8(9(14)16-6)10(15-5)17-7/h14-15H,1-7H3/b10-8-,14-9?. The second-order valence-corrected chi connectivity index (χ2v) is 5.32. The molecule has 0 radical (unpaired) electrons. The fourth-order valence-corrected chi connectivity index (χ4v) is 1.73. The number of nitrogens with one attached hydrogen (secondary N) is 2. The molecule has 0 aromatic rings. The molecule has 6 nitrogen and oxygen atoms in total. The zero-order valence-electron chi connectivity index (χ0n) is 12.7. The minimum absolute atomic E-state index is 0.0512. The molecule has 7 heteroatoms. The zero-order valence-corrected chi connectivity index (χ0v) is 12.7. The Morgan fingerprint density at radius 3 is 1.84 bits per heavy atom. The van der Waals surface area contributed by atoms with Gasteiger partial charge >= 0.3 is 7.12 Å². The van der Waals surface area contributed by atoms with Crippen LogP contribution >= 0.6 is 0 Å². The smallest absolute Gasteiger partial charge is 0.483 e. The van der Waals surface area contributed by atoms with Crippen LogP contribution in [0.5, 0.6) is 0 Å². The molecule has 0 atom stereocenters. The van der Waals surface area contributed by atoms with Crippen molar-refractivity contribution in [3.05, 3.63) is 11.4 Å². The summed E-state index contributed by atoms with van der Waals surface area (Å²) in [7, 11) is 3.93. The van der Waals surface area contributed by atoms with E-state index in [1.807, 2.05) is 27.7 Å². The molecular weight excluding hydrogens is 247 g/mol. The highest BCUT2D eigenvalue weighted by Crippen LogP contribution is 2.39. The Morgan fingerprint density at radius 2 is 1.53 bits per heavy atom. The van der Waals surface area contributed by atoms with Crippen LogP contribution in [0.3, 0.4) is 0 Å². The SMILES string of the molecule is CN/C(OC)=C(/B1OC(C)(C)C(C)(C)O1)C(=N)OC. The van der Waals surface area contributed by atoms with Crippen molar-refractivity contribution in [1.82, 2.24) is 5.32 Å². The maximum Gasteiger partial charge on any atom is 0.505 e. The first-order chi connectivity index (χ1) is 8.70. The van der Waals surface area contributed by atoms with Gasteiger partial charge in [-0.05, 0) is 27.7 Å². The van der Waals surface area contributed by atoms with Gasteiger partial charge in [-0.1, -0.05) is 0 Å². The molecule has 1 aliphatic rings. The van der Waals surface area contributed by atoms with Gasteiger partial charge in [0.25, 0.3) is 0 Å². The topological polar surface area (TPSA) is 72.8 Å². The van der Waals surface area contributed by atoms with Crippen molar-refractivity contribution in [1.29, 1.82) is 5.41 Å². The molecule has 1 rings (SSSR count). The van der Waals surface area contributed by atoms with E-state index in [-0.39, 0.29) is 5.90 Å². The first-order valence-corrected chi connectivity index (χ1v) is 6.14. The second kappa shape index (κ2) is 5.42. The van der Waals surface area contributed by atoms with Crippen LogP contribution in [0.4, 0.5) is 0 Å². The van der Waals surface area contributed by atoms with Gasteiger partial charge in [-0.2, -0.15) is 0 Å². The first kappa shape index (κ1) is 15.9. The molecule has 1 saturated heterocycles. The normalized spacial score (nSPS) is 21.7. The van der Waals surface area contributed by atoms with Crippen LogP contribution in [0, 0.1) is 5.41 Å². The van der Waals surface area contributed by atoms with Crippen molar-refractivity contribution in [2.75, 3.05) is 21.3 Å². The summed E-state index contributed by atoms with van der Waals surface area (Å²) in [4.78, 5) is 0. The van der Waals surface area contributed by atoms with Gasteiger partial charge in [-0.25, -0.2) is 0 Å². The Labute approximate surface area is 115 Å². The zero-order chi connectivity index (χ0) is 14.8. The van der Waals surface area contributed by atoms with Gasteiger partial charge in [0.05, 0.1) is 25.4 Å². The minimum atomic E-state index is -0.708. The summed E-state index contributed by atoms with van der Waals surface area (Å²) < 4.78 is 22.0. The van der Waals surface area contributed by atoms with E-state index >= 15 is 0 Å². The predicted octanol–water partition coefficient (Wildman–Crippen LogP) is 1.32. The van der Waals surface area contributed by atoms with Crippen LogP contribution in [0.2, 0.25) is 0 Å². The van der Waals surface area contributed by atoms with E-state index in [0.29, 0.717) is 11.4 Å². The molecule has 0 aromatic carbocycles. The van der Waals surface area contributed by atoms with E-state index in [1.165, 1.54) is 14.2 Å². The number of ether oxygens (including phenoxy) is 2. The molecule has 0 spiro atoms. The van der Waals surface area contributed by atoms with Gasteiger partial charge in [0.15, 0.2) is 5.88 Å². The third kappa shape index (κ3) is 2.87. The van der Waals surface area contributed by atoms with Crippen molar-refractivity contribution in [2.24, 2.45) is 0 Å². The summed E-state index contributed by atoms with van der Waals surface area (Å²) in [5.74, 6) is 0.343. The van der Waals surface area contributed by atoms with E-state index < -0.39 is 18.3 Å². The molecule has 0 aliphatic carbocycles. The third-order valence-electron chi connectivity index (χ3n) is 3.61. The lowest BCUT2D eigenvalue weighted by atomic mass is 9.78. The van der Waals surface area contributed by atoms with Crippen LogP contribution in [0.25, 0.3) is 0 Å². The van der Waals surface area contributed by atoms with Gasteiger partial charge in [0.2, 0.25) is 5.90 Å². The summed E-state index contributed by atoms with van der Waals surface area (Å²) >= 11 is 0. The Balaban J connectivity index is 3.17. The highest BCUT2D eigenvalue weighted by Gasteiger charge is 2.54. The number of rotatable bonds is 4. The van der Waals surface area contributed by atoms with E-state index in [2.05, 4.69) is 5.32 Å². The Morgan fingerprint density at radius 1 is 1.05 bits per heavy atom. The highest BCUT2D eigenvalue weighted by atomic mass is 16.7. The molecule has 0 aromatic heterocycles. The van der Waals surface area contributed by atoms with E-state index in [1.54, 1.807) is 7.05 Å². The van der Waals surface area contributed by atoms with Crippen LogP contribution < -0.4 is 5.32 Å². The summed E-state index contributed by atoms with van der Waals surface area (Å²) in [6.07, 6.45) is 0. The van der Waals surface area contributed by atoms with Crippen LogP contribution in [-0.2, 0) is 18.8 Å². The monoisotopic (exact) mass is 270 g/mol. The molecule has 0 amide bonds. The summed E-state index contributed by atoms with van der Waals surface area (Å²) in [6, 6.07) is 0. The summed E-state index contributed by atoms with van der Waals surface area (Å²) in [5, 5.41) is 10.8. The molecule has 108 valence electrons. The van der Waals surface area contributed by atoms with Crippen molar-refractivity contribution in [2.45, 2.75) is 38.9 Å². The molecule has 1 fully saturated rings. The first-order valence-electron chi connectivity index (χ1n) is 6.14. The van der Waals surface area contributed by atoms with Crippen LogP contribution in [-0.4, -0.2) is 45.5 Å². The lowest BCUT2D eigenvalue weighted by Gasteiger charge is -2.32. The molecule has 1 heterocycles. The van der Waals surface area contributed by atoms with Crippen molar-refractivity contribution >= 4 is 13.0 Å². The summed E-state index contributed by atoms with van der Waals surface area (Å²) in [5.41, 5.74) is -0.557. The molecule has 1 aliphatic heterocycles. The lowest BCUT2D eigenvalue weighted by Crippen LogP contribution is -2.41. The Kier molecular flexibility index (Phi) is 4.52. The van der Waals surface area contributed by atoms with Gasteiger partial charge in [0, 0.05) is 7.05 Å². The van der Waals surface area contributed by atoms with Crippen LogP contribution in [0.1, 0.15) is 27.7 Å². The van der Waals surface area contributed by atoms with E-state index in [9.17, 15) is 0 Å². The predicted molar refractivity (Wildman–Crippen MR) is 73.9 cm³/mol. The molecular formula is C12H23BN2O4. The quantitative estimate of drug-likeness (QED) is 0.349. The third-order valence-corrected chi connectivity index (χ3v) is 3.61. The van der Waals surface area contributed by atoms with Gasteiger partial charge in [-0.3, -0.25) is 5.41 Å². The van der Waals surface area contributed by atoms with Crippen molar-refractivity contribution in [3.8, 4) is 0 Å². The fourth-order valence-electron chi connectivity index (χ4n) is 1.73. The van der Waals surface area contributed by atoms with Crippen molar-refractivity contribution in [3.63, 3.8) is 0 Å². The largest absolute Gasteiger partial charge is 0.505 e. The van der Waals surface area contributed by atoms with Gasteiger partial charge < -0.3 is 24.1 Å². The number of methoxy groups -OCH3 is 2. The Hall–Kier alpha value is -1.21. The number of hydrogen-bond acceptors (Lipinski definition) is 6. The average molecular weight is 270 g/mol. The molecule has 0 saturated carbocycles. The molecule has 0 bridgehead atoms. The van der Waals surface area contributed by atoms with E-state index in [0.717, 1.165) is 0 Å².